The molecule has 102 valence electrons. The van der Waals surface area contributed by atoms with E-state index in [0.29, 0.717) is 13.2 Å². The maximum Gasteiger partial charge on any atom is 0.163 e. The Morgan fingerprint density at radius 2 is 2.00 bits per heavy atom. The van der Waals surface area contributed by atoms with E-state index in [9.17, 15) is 0 Å². The topological polar surface area (TPSA) is 36.9 Å². The first-order valence-corrected chi connectivity index (χ1v) is 6.67. The van der Waals surface area contributed by atoms with E-state index in [-0.39, 0.29) is 23.9 Å². The fourth-order valence-corrected chi connectivity index (χ4v) is 2.98. The van der Waals surface area contributed by atoms with Crippen molar-refractivity contribution < 1.29 is 18.9 Å². The standard InChI is InChI=1S/C14H22O4/c1-9-5-6-15-10-7-11-14(4,18-12(9)10)8-16-13(2,3)17-11/h5,10-12H,6-8H2,1-4H3/t10-,11+,12+,14-/m0/s1. The molecular weight excluding hydrogens is 232 g/mol. The first-order valence-electron chi connectivity index (χ1n) is 6.67. The summed E-state index contributed by atoms with van der Waals surface area (Å²) in [7, 11) is 0. The maximum absolute atomic E-state index is 6.24. The van der Waals surface area contributed by atoms with E-state index in [1.54, 1.807) is 0 Å². The molecule has 0 N–H and O–H groups in total. The zero-order chi connectivity index (χ0) is 13.0. The molecule has 0 aromatic rings. The second kappa shape index (κ2) is 4.04. The highest BCUT2D eigenvalue weighted by molar-refractivity contribution is 5.15. The van der Waals surface area contributed by atoms with Crippen molar-refractivity contribution in [2.45, 2.75) is 63.8 Å². The summed E-state index contributed by atoms with van der Waals surface area (Å²) in [6.45, 7) is 9.33. The average molecular weight is 254 g/mol. The minimum atomic E-state index is -0.528. The molecule has 4 heteroatoms. The van der Waals surface area contributed by atoms with Crippen molar-refractivity contribution >= 4 is 0 Å². The van der Waals surface area contributed by atoms with Gasteiger partial charge in [-0.05, 0) is 33.3 Å². The van der Waals surface area contributed by atoms with Crippen molar-refractivity contribution in [2.75, 3.05) is 13.2 Å². The highest BCUT2D eigenvalue weighted by Gasteiger charge is 2.53. The highest BCUT2D eigenvalue weighted by atomic mass is 16.7. The van der Waals surface area contributed by atoms with Crippen molar-refractivity contribution in [3.8, 4) is 0 Å². The number of rotatable bonds is 0. The maximum atomic E-state index is 6.24. The van der Waals surface area contributed by atoms with Gasteiger partial charge in [0.15, 0.2) is 5.79 Å². The van der Waals surface area contributed by atoms with Crippen LogP contribution in [0.4, 0.5) is 0 Å². The van der Waals surface area contributed by atoms with Crippen LogP contribution in [-0.4, -0.2) is 42.9 Å². The molecule has 0 aromatic carbocycles. The lowest BCUT2D eigenvalue weighted by Gasteiger charge is -2.54. The molecule has 18 heavy (non-hydrogen) atoms. The average Bonchev–Trinajstić information content (AvgIpc) is 2.29. The fourth-order valence-electron chi connectivity index (χ4n) is 2.98. The van der Waals surface area contributed by atoms with E-state index in [1.165, 1.54) is 5.57 Å². The van der Waals surface area contributed by atoms with E-state index in [2.05, 4.69) is 19.9 Å². The van der Waals surface area contributed by atoms with E-state index in [0.717, 1.165) is 6.42 Å². The molecule has 0 saturated carbocycles. The van der Waals surface area contributed by atoms with Crippen LogP contribution in [0.25, 0.3) is 0 Å². The number of hydrogen-bond acceptors (Lipinski definition) is 4. The molecule has 3 aliphatic heterocycles. The molecule has 0 radical (unpaired) electrons. The highest BCUT2D eigenvalue weighted by Crippen LogP contribution is 2.42. The second-order valence-corrected chi connectivity index (χ2v) is 6.20. The molecule has 3 aliphatic rings. The van der Waals surface area contributed by atoms with Gasteiger partial charge in [0.2, 0.25) is 0 Å². The molecule has 3 rings (SSSR count). The lowest BCUT2D eigenvalue weighted by Crippen LogP contribution is -2.64. The van der Waals surface area contributed by atoms with Crippen LogP contribution in [0.15, 0.2) is 11.6 Å². The molecule has 0 aromatic heterocycles. The third-order valence-electron chi connectivity index (χ3n) is 4.16. The van der Waals surface area contributed by atoms with E-state index < -0.39 is 5.79 Å². The Morgan fingerprint density at radius 1 is 1.22 bits per heavy atom. The molecule has 3 heterocycles. The SMILES string of the molecule is CC1=CCO[C@H]2C[C@H]3OC(C)(C)OC[C@]3(C)O[C@H]12. The summed E-state index contributed by atoms with van der Waals surface area (Å²) in [5.74, 6) is -0.528. The predicted molar refractivity (Wildman–Crippen MR) is 66.3 cm³/mol. The zero-order valence-electron chi connectivity index (χ0n) is 11.6. The Bertz CT molecular complexity index is 376. The Labute approximate surface area is 108 Å². The van der Waals surface area contributed by atoms with Crippen LogP contribution in [0.5, 0.6) is 0 Å². The summed E-state index contributed by atoms with van der Waals surface area (Å²) in [6.07, 6.45) is 3.17. The van der Waals surface area contributed by atoms with E-state index >= 15 is 0 Å². The van der Waals surface area contributed by atoms with Gasteiger partial charge in [0.05, 0.1) is 25.4 Å². The Hall–Kier alpha value is -0.420. The molecule has 0 spiro atoms. The van der Waals surface area contributed by atoms with Crippen LogP contribution < -0.4 is 0 Å². The second-order valence-electron chi connectivity index (χ2n) is 6.20. The molecule has 4 atom stereocenters. The number of fused-ring (bicyclic) bond motifs is 2. The lowest BCUT2D eigenvalue weighted by molar-refractivity contribution is -0.366. The molecule has 2 saturated heterocycles. The Balaban J connectivity index is 1.83. The van der Waals surface area contributed by atoms with E-state index in [4.69, 9.17) is 18.9 Å². The summed E-state index contributed by atoms with van der Waals surface area (Å²) >= 11 is 0. The molecule has 4 nitrogen and oxygen atoms in total. The lowest BCUT2D eigenvalue weighted by atomic mass is 9.85. The molecule has 0 bridgehead atoms. The van der Waals surface area contributed by atoms with Gasteiger partial charge in [0.25, 0.3) is 0 Å². The number of hydrogen-bond donors (Lipinski definition) is 0. The van der Waals surface area contributed by atoms with Gasteiger partial charge in [-0.3, -0.25) is 0 Å². The zero-order valence-corrected chi connectivity index (χ0v) is 11.6. The van der Waals surface area contributed by atoms with Crippen molar-refractivity contribution in [3.63, 3.8) is 0 Å². The first kappa shape index (κ1) is 12.6. The van der Waals surface area contributed by atoms with Gasteiger partial charge >= 0.3 is 0 Å². The Kier molecular flexibility index (Phi) is 2.83. The van der Waals surface area contributed by atoms with E-state index in [1.807, 2.05) is 13.8 Å². The van der Waals surface area contributed by atoms with Crippen molar-refractivity contribution in [1.29, 1.82) is 0 Å². The van der Waals surface area contributed by atoms with Gasteiger partial charge in [-0.1, -0.05) is 6.08 Å². The van der Waals surface area contributed by atoms with Gasteiger partial charge in [0, 0.05) is 6.42 Å². The van der Waals surface area contributed by atoms with Crippen LogP contribution in [0.2, 0.25) is 0 Å². The minimum absolute atomic E-state index is 0.0356. The normalized spacial score (nSPS) is 46.9. The summed E-state index contributed by atoms with van der Waals surface area (Å²) in [5, 5.41) is 0. The van der Waals surface area contributed by atoms with Gasteiger partial charge in [0.1, 0.15) is 11.7 Å². The molecule has 2 fully saturated rings. The van der Waals surface area contributed by atoms with Crippen molar-refractivity contribution in [2.24, 2.45) is 0 Å². The summed E-state index contributed by atoms with van der Waals surface area (Å²) < 4.78 is 23.8. The predicted octanol–water partition coefficient (Wildman–Crippen LogP) is 2.03. The largest absolute Gasteiger partial charge is 0.371 e. The third-order valence-corrected chi connectivity index (χ3v) is 4.16. The van der Waals surface area contributed by atoms with Crippen LogP contribution in [0.3, 0.4) is 0 Å². The first-order chi connectivity index (χ1) is 8.40. The summed E-state index contributed by atoms with van der Waals surface area (Å²) in [6, 6.07) is 0. The van der Waals surface area contributed by atoms with Gasteiger partial charge in [-0.15, -0.1) is 0 Å². The fraction of sp³-hybridized carbons (Fsp3) is 0.857. The summed E-state index contributed by atoms with van der Waals surface area (Å²) in [4.78, 5) is 0. The van der Waals surface area contributed by atoms with Crippen LogP contribution in [0.1, 0.15) is 34.1 Å². The number of ether oxygens (including phenoxy) is 4. The van der Waals surface area contributed by atoms with Gasteiger partial charge < -0.3 is 18.9 Å². The third kappa shape index (κ3) is 2.01. The molecule has 0 aliphatic carbocycles. The minimum Gasteiger partial charge on any atom is -0.371 e. The quantitative estimate of drug-likeness (QED) is 0.620. The van der Waals surface area contributed by atoms with Gasteiger partial charge in [-0.25, -0.2) is 0 Å². The van der Waals surface area contributed by atoms with Crippen LogP contribution >= 0.6 is 0 Å². The monoisotopic (exact) mass is 254 g/mol. The van der Waals surface area contributed by atoms with Gasteiger partial charge in [-0.2, -0.15) is 0 Å². The smallest absolute Gasteiger partial charge is 0.163 e. The Morgan fingerprint density at radius 3 is 2.78 bits per heavy atom. The molecular formula is C14H22O4. The van der Waals surface area contributed by atoms with Crippen LogP contribution in [-0.2, 0) is 18.9 Å². The molecule has 0 unspecified atom stereocenters. The van der Waals surface area contributed by atoms with Crippen molar-refractivity contribution in [3.05, 3.63) is 11.6 Å². The van der Waals surface area contributed by atoms with Crippen LogP contribution in [0, 0.1) is 0 Å². The summed E-state index contributed by atoms with van der Waals surface area (Å²) in [5.41, 5.74) is 0.891. The van der Waals surface area contributed by atoms with Crippen molar-refractivity contribution in [1.82, 2.24) is 0 Å². The molecule has 0 amide bonds.